The fraction of sp³-hybridized carbons (Fsp3) is 0.375. The zero-order chi connectivity index (χ0) is 14.7. The SMILES string of the molecule is C[C@@H]1CN[C@H](Cc2cc(-c3cccnn3)ccc2F)CO1.Cl. The van der Waals surface area contributed by atoms with E-state index in [1.54, 1.807) is 12.3 Å². The molecule has 0 bridgehead atoms. The third-order valence-electron chi connectivity index (χ3n) is 3.66. The van der Waals surface area contributed by atoms with Gasteiger partial charge in [-0.15, -0.1) is 12.4 Å². The second-order valence-electron chi connectivity index (χ2n) is 5.37. The van der Waals surface area contributed by atoms with Gasteiger partial charge in [0.25, 0.3) is 0 Å². The van der Waals surface area contributed by atoms with Crippen LogP contribution >= 0.6 is 12.4 Å². The van der Waals surface area contributed by atoms with Gasteiger partial charge in [-0.1, -0.05) is 0 Å². The molecule has 4 nitrogen and oxygen atoms in total. The number of morpholine rings is 1. The van der Waals surface area contributed by atoms with Gasteiger partial charge in [0.15, 0.2) is 0 Å². The summed E-state index contributed by atoms with van der Waals surface area (Å²) in [7, 11) is 0. The molecule has 0 saturated carbocycles. The summed E-state index contributed by atoms with van der Waals surface area (Å²) in [6, 6.07) is 8.91. The lowest BCUT2D eigenvalue weighted by molar-refractivity contribution is 0.0154. The molecule has 0 amide bonds. The molecule has 22 heavy (non-hydrogen) atoms. The van der Waals surface area contributed by atoms with Crippen LogP contribution in [0.5, 0.6) is 0 Å². The van der Waals surface area contributed by atoms with Crippen LogP contribution in [0, 0.1) is 5.82 Å². The Balaban J connectivity index is 0.00000176. The first-order chi connectivity index (χ1) is 10.2. The van der Waals surface area contributed by atoms with Gasteiger partial charge >= 0.3 is 0 Å². The van der Waals surface area contributed by atoms with E-state index in [4.69, 9.17) is 4.74 Å². The Bertz CT molecular complexity index is 604. The van der Waals surface area contributed by atoms with E-state index in [1.165, 1.54) is 6.07 Å². The molecule has 1 saturated heterocycles. The molecule has 2 aromatic rings. The van der Waals surface area contributed by atoms with Crippen molar-refractivity contribution in [1.82, 2.24) is 15.5 Å². The van der Waals surface area contributed by atoms with Gasteiger partial charge in [-0.2, -0.15) is 10.2 Å². The van der Waals surface area contributed by atoms with Crippen LogP contribution in [-0.4, -0.2) is 35.5 Å². The molecule has 1 N–H and O–H groups in total. The van der Waals surface area contributed by atoms with Gasteiger partial charge in [-0.05, 0) is 49.2 Å². The molecule has 1 fully saturated rings. The Kier molecular flexibility index (Phi) is 5.83. The molecule has 0 radical (unpaired) electrons. The number of aromatic nitrogens is 2. The molecule has 118 valence electrons. The summed E-state index contributed by atoms with van der Waals surface area (Å²) < 4.78 is 19.6. The molecule has 1 aliphatic heterocycles. The molecule has 0 aliphatic carbocycles. The van der Waals surface area contributed by atoms with Crippen LogP contribution in [0.1, 0.15) is 12.5 Å². The summed E-state index contributed by atoms with van der Waals surface area (Å²) in [4.78, 5) is 0. The first kappa shape index (κ1) is 16.8. The summed E-state index contributed by atoms with van der Waals surface area (Å²) in [6.07, 6.45) is 2.45. The Morgan fingerprint density at radius 3 is 2.91 bits per heavy atom. The molecular weight excluding hydrogens is 305 g/mol. The maximum absolute atomic E-state index is 14.0. The molecule has 2 atom stereocenters. The monoisotopic (exact) mass is 323 g/mol. The Labute approximate surface area is 135 Å². The van der Waals surface area contributed by atoms with Crippen molar-refractivity contribution in [2.75, 3.05) is 13.2 Å². The number of nitrogens with zero attached hydrogens (tertiary/aromatic N) is 2. The smallest absolute Gasteiger partial charge is 0.126 e. The Morgan fingerprint density at radius 2 is 2.23 bits per heavy atom. The zero-order valence-corrected chi connectivity index (χ0v) is 13.1. The van der Waals surface area contributed by atoms with E-state index in [9.17, 15) is 4.39 Å². The van der Waals surface area contributed by atoms with E-state index >= 15 is 0 Å². The molecule has 1 aliphatic rings. The number of hydrogen-bond acceptors (Lipinski definition) is 4. The fourth-order valence-electron chi connectivity index (χ4n) is 2.47. The number of halogens is 2. The number of benzene rings is 1. The van der Waals surface area contributed by atoms with Gasteiger partial charge in [-0.3, -0.25) is 0 Å². The minimum absolute atomic E-state index is 0. The highest BCUT2D eigenvalue weighted by Gasteiger charge is 2.19. The molecule has 3 rings (SSSR count). The normalized spacial score (nSPS) is 21.2. The molecule has 1 aromatic heterocycles. The number of hydrogen-bond donors (Lipinski definition) is 1. The van der Waals surface area contributed by atoms with Crippen molar-refractivity contribution in [2.45, 2.75) is 25.5 Å². The van der Waals surface area contributed by atoms with Crippen molar-refractivity contribution in [3.63, 3.8) is 0 Å². The van der Waals surface area contributed by atoms with Crippen LogP contribution in [0.3, 0.4) is 0 Å². The number of rotatable bonds is 3. The summed E-state index contributed by atoms with van der Waals surface area (Å²) in [5.41, 5.74) is 2.30. The van der Waals surface area contributed by atoms with Crippen LogP contribution in [0.15, 0.2) is 36.5 Å². The minimum atomic E-state index is -0.192. The van der Waals surface area contributed by atoms with Gasteiger partial charge in [0.1, 0.15) is 5.82 Å². The first-order valence-corrected chi connectivity index (χ1v) is 7.14. The van der Waals surface area contributed by atoms with Crippen LogP contribution in [0.2, 0.25) is 0 Å². The second kappa shape index (κ2) is 7.63. The van der Waals surface area contributed by atoms with Crippen LogP contribution in [-0.2, 0) is 11.2 Å². The average molecular weight is 324 g/mol. The molecule has 0 unspecified atom stereocenters. The Hall–Kier alpha value is -1.56. The van der Waals surface area contributed by atoms with Crippen LogP contribution < -0.4 is 5.32 Å². The van der Waals surface area contributed by atoms with Gasteiger partial charge in [0.05, 0.1) is 18.4 Å². The van der Waals surface area contributed by atoms with Crippen molar-refractivity contribution in [3.05, 3.63) is 47.9 Å². The quantitative estimate of drug-likeness (QED) is 0.943. The molecule has 1 aromatic carbocycles. The third kappa shape index (κ3) is 4.00. The van der Waals surface area contributed by atoms with Crippen molar-refractivity contribution in [2.24, 2.45) is 0 Å². The topological polar surface area (TPSA) is 47.0 Å². The molecule has 2 heterocycles. The summed E-state index contributed by atoms with van der Waals surface area (Å²) in [6.45, 7) is 3.44. The maximum atomic E-state index is 14.0. The van der Waals surface area contributed by atoms with Crippen molar-refractivity contribution < 1.29 is 9.13 Å². The van der Waals surface area contributed by atoms with Gasteiger partial charge < -0.3 is 10.1 Å². The highest BCUT2D eigenvalue weighted by Crippen LogP contribution is 2.21. The highest BCUT2D eigenvalue weighted by atomic mass is 35.5. The van der Waals surface area contributed by atoms with E-state index in [0.29, 0.717) is 18.6 Å². The maximum Gasteiger partial charge on any atom is 0.126 e. The van der Waals surface area contributed by atoms with Gasteiger partial charge in [-0.25, -0.2) is 4.39 Å². The summed E-state index contributed by atoms with van der Waals surface area (Å²) in [5, 5.41) is 11.3. The van der Waals surface area contributed by atoms with Gasteiger partial charge in [0, 0.05) is 24.3 Å². The first-order valence-electron chi connectivity index (χ1n) is 7.14. The second-order valence-corrected chi connectivity index (χ2v) is 5.37. The van der Waals surface area contributed by atoms with Crippen molar-refractivity contribution >= 4 is 12.4 Å². The molecule has 6 heteroatoms. The highest BCUT2D eigenvalue weighted by molar-refractivity contribution is 5.85. The third-order valence-corrected chi connectivity index (χ3v) is 3.66. The van der Waals surface area contributed by atoms with E-state index in [2.05, 4.69) is 15.5 Å². The average Bonchev–Trinajstić information content (AvgIpc) is 2.52. The predicted octanol–water partition coefficient (Wildman–Crippen LogP) is 2.62. The van der Waals surface area contributed by atoms with E-state index in [1.807, 2.05) is 25.1 Å². The molecular formula is C16H19ClFN3O. The number of nitrogens with one attached hydrogen (secondary N) is 1. The zero-order valence-electron chi connectivity index (χ0n) is 12.3. The largest absolute Gasteiger partial charge is 0.376 e. The lowest BCUT2D eigenvalue weighted by Crippen LogP contribution is -2.46. The predicted molar refractivity (Wildman–Crippen MR) is 85.6 cm³/mol. The van der Waals surface area contributed by atoms with Crippen molar-refractivity contribution in [1.29, 1.82) is 0 Å². The minimum Gasteiger partial charge on any atom is -0.376 e. The van der Waals surface area contributed by atoms with E-state index in [-0.39, 0.29) is 30.4 Å². The fourth-order valence-corrected chi connectivity index (χ4v) is 2.47. The molecule has 0 spiro atoms. The van der Waals surface area contributed by atoms with E-state index < -0.39 is 0 Å². The Morgan fingerprint density at radius 1 is 1.36 bits per heavy atom. The summed E-state index contributed by atoms with van der Waals surface area (Å²) >= 11 is 0. The lowest BCUT2D eigenvalue weighted by atomic mass is 10.0. The number of ether oxygens (including phenoxy) is 1. The standard InChI is InChI=1S/C16H18FN3O.ClH/c1-11-9-18-14(10-21-11)8-13-7-12(4-5-15(13)17)16-3-2-6-19-20-16;/h2-7,11,14,18H,8-10H2,1H3;1H/t11-,14-;/m1./s1. The summed E-state index contributed by atoms with van der Waals surface area (Å²) in [5.74, 6) is -0.192. The van der Waals surface area contributed by atoms with Crippen LogP contribution in [0.25, 0.3) is 11.3 Å². The van der Waals surface area contributed by atoms with Crippen molar-refractivity contribution in [3.8, 4) is 11.3 Å². The lowest BCUT2D eigenvalue weighted by Gasteiger charge is -2.28. The van der Waals surface area contributed by atoms with Gasteiger partial charge in [0.2, 0.25) is 0 Å². The van der Waals surface area contributed by atoms with Crippen LogP contribution in [0.4, 0.5) is 4.39 Å². The van der Waals surface area contributed by atoms with E-state index in [0.717, 1.165) is 17.8 Å².